The fourth-order valence-corrected chi connectivity index (χ4v) is 2.87. The minimum Gasteiger partial charge on any atom is -0.486 e. The topological polar surface area (TPSA) is 45.9 Å². The first kappa shape index (κ1) is 12.2. The van der Waals surface area contributed by atoms with Gasteiger partial charge in [0.2, 0.25) is 0 Å². The van der Waals surface area contributed by atoms with Crippen LogP contribution in [0.4, 0.5) is 0 Å². The van der Waals surface area contributed by atoms with Crippen molar-refractivity contribution in [3.05, 3.63) is 45.4 Å². The highest BCUT2D eigenvalue weighted by Crippen LogP contribution is 2.42. The second kappa shape index (κ2) is 5.02. The average molecular weight is 270 g/mol. The first-order valence-corrected chi connectivity index (χ1v) is 7.17. The molecule has 1 saturated carbocycles. The molecule has 1 aliphatic carbocycles. The van der Waals surface area contributed by atoms with Crippen molar-refractivity contribution in [1.29, 1.82) is 5.26 Å². The molecule has 1 aromatic heterocycles. The maximum absolute atomic E-state index is 9.12. The Morgan fingerprint density at radius 2 is 2.21 bits per heavy atom. The monoisotopic (exact) mass is 270 g/mol. The zero-order valence-electron chi connectivity index (χ0n) is 10.7. The summed E-state index contributed by atoms with van der Waals surface area (Å²) in [7, 11) is 0. The van der Waals surface area contributed by atoms with Crippen molar-refractivity contribution in [1.82, 2.24) is 4.98 Å². The summed E-state index contributed by atoms with van der Waals surface area (Å²) in [6.45, 7) is 2.46. The molecule has 0 N–H and O–H groups in total. The average Bonchev–Trinajstić information content (AvgIpc) is 3.18. The van der Waals surface area contributed by atoms with E-state index >= 15 is 0 Å². The predicted octanol–water partition coefficient (Wildman–Crippen LogP) is 3.78. The van der Waals surface area contributed by atoms with Gasteiger partial charge in [-0.05, 0) is 31.4 Å². The number of nitriles is 1. The Morgan fingerprint density at radius 3 is 2.89 bits per heavy atom. The normalized spacial score (nSPS) is 14.1. The van der Waals surface area contributed by atoms with Crippen molar-refractivity contribution >= 4 is 11.3 Å². The van der Waals surface area contributed by atoms with Crippen molar-refractivity contribution in [2.45, 2.75) is 32.3 Å². The van der Waals surface area contributed by atoms with Gasteiger partial charge < -0.3 is 4.74 Å². The molecule has 1 heterocycles. The van der Waals surface area contributed by atoms with E-state index in [4.69, 9.17) is 10.00 Å². The van der Waals surface area contributed by atoms with E-state index in [9.17, 15) is 0 Å². The number of hydrogen-bond donors (Lipinski definition) is 0. The highest BCUT2D eigenvalue weighted by Gasteiger charge is 2.29. The Labute approximate surface area is 116 Å². The van der Waals surface area contributed by atoms with Gasteiger partial charge in [-0.1, -0.05) is 18.2 Å². The summed E-state index contributed by atoms with van der Waals surface area (Å²) in [6, 6.07) is 10.2. The molecule has 0 unspecified atom stereocenters. The van der Waals surface area contributed by atoms with Crippen LogP contribution in [0, 0.1) is 18.3 Å². The summed E-state index contributed by atoms with van der Waals surface area (Å²) < 4.78 is 5.77. The van der Waals surface area contributed by atoms with Gasteiger partial charge in [0.1, 0.15) is 28.3 Å². The number of benzene rings is 1. The van der Waals surface area contributed by atoms with Crippen LogP contribution in [-0.2, 0) is 6.61 Å². The largest absolute Gasteiger partial charge is 0.486 e. The quantitative estimate of drug-likeness (QED) is 0.849. The summed E-state index contributed by atoms with van der Waals surface area (Å²) in [4.78, 5) is 5.31. The fourth-order valence-electron chi connectivity index (χ4n) is 2.01. The smallest absolute Gasteiger partial charge is 0.140 e. The summed E-state index contributed by atoms with van der Waals surface area (Å²) in [6.07, 6.45) is 2.33. The van der Waals surface area contributed by atoms with Crippen LogP contribution in [0.25, 0.3) is 0 Å². The summed E-state index contributed by atoms with van der Waals surface area (Å²) in [5.41, 5.74) is 2.10. The van der Waals surface area contributed by atoms with Gasteiger partial charge in [-0.2, -0.15) is 5.26 Å². The van der Waals surface area contributed by atoms with Gasteiger partial charge in [-0.15, -0.1) is 11.3 Å². The van der Waals surface area contributed by atoms with E-state index in [-0.39, 0.29) is 0 Å². The summed E-state index contributed by atoms with van der Waals surface area (Å²) in [5, 5.41) is 10.0. The lowest BCUT2D eigenvalue weighted by molar-refractivity contribution is 0.303. The molecule has 0 atom stereocenters. The van der Waals surface area contributed by atoms with Gasteiger partial charge in [0.25, 0.3) is 0 Å². The molecule has 19 heavy (non-hydrogen) atoms. The summed E-state index contributed by atoms with van der Waals surface area (Å²) in [5.74, 6) is 1.39. The van der Waals surface area contributed by atoms with Crippen LogP contribution in [0.2, 0.25) is 0 Å². The molecule has 2 aromatic rings. The van der Waals surface area contributed by atoms with Gasteiger partial charge in [0, 0.05) is 5.92 Å². The Balaban J connectivity index is 1.74. The van der Waals surface area contributed by atoms with Gasteiger partial charge in [-0.3, -0.25) is 0 Å². The standard InChI is InChI=1S/C15H14N2OS/c1-10-4-2-3-5-12(10)18-9-14-17-15(11-6-7-11)13(8-16)19-14/h2-5,11H,6-7,9H2,1H3. The van der Waals surface area contributed by atoms with E-state index in [1.807, 2.05) is 31.2 Å². The first-order valence-electron chi connectivity index (χ1n) is 6.36. The van der Waals surface area contributed by atoms with Crippen LogP contribution in [0.1, 0.15) is 39.9 Å². The number of rotatable bonds is 4. The Kier molecular flexibility index (Phi) is 3.22. The van der Waals surface area contributed by atoms with Crippen molar-refractivity contribution in [3.63, 3.8) is 0 Å². The molecule has 0 spiro atoms. The highest BCUT2D eigenvalue weighted by molar-refractivity contribution is 7.12. The fraction of sp³-hybridized carbons (Fsp3) is 0.333. The van der Waals surface area contributed by atoms with Crippen LogP contribution < -0.4 is 4.74 Å². The molecule has 1 aromatic carbocycles. The Bertz CT molecular complexity index is 638. The second-order valence-electron chi connectivity index (χ2n) is 4.76. The van der Waals surface area contributed by atoms with E-state index in [2.05, 4.69) is 11.1 Å². The van der Waals surface area contributed by atoms with Crippen molar-refractivity contribution < 1.29 is 4.74 Å². The maximum atomic E-state index is 9.12. The Morgan fingerprint density at radius 1 is 1.42 bits per heavy atom. The molecule has 0 radical (unpaired) electrons. The summed E-state index contributed by atoms with van der Waals surface area (Å²) >= 11 is 1.46. The number of nitrogens with zero attached hydrogens (tertiary/aromatic N) is 2. The molecule has 0 bridgehead atoms. The molecule has 0 aliphatic heterocycles. The number of para-hydroxylation sites is 1. The number of ether oxygens (including phenoxy) is 1. The first-order chi connectivity index (χ1) is 9.28. The maximum Gasteiger partial charge on any atom is 0.140 e. The third-order valence-electron chi connectivity index (χ3n) is 3.21. The zero-order chi connectivity index (χ0) is 13.2. The van der Waals surface area contributed by atoms with Crippen LogP contribution >= 0.6 is 11.3 Å². The SMILES string of the molecule is Cc1ccccc1OCc1nc(C2CC2)c(C#N)s1. The van der Waals surface area contributed by atoms with Crippen molar-refractivity contribution in [2.24, 2.45) is 0 Å². The van der Waals surface area contributed by atoms with Crippen molar-refractivity contribution in [3.8, 4) is 11.8 Å². The van der Waals surface area contributed by atoms with Gasteiger partial charge in [-0.25, -0.2) is 4.98 Å². The molecule has 3 rings (SSSR count). The van der Waals surface area contributed by atoms with Crippen LogP contribution in [0.5, 0.6) is 5.75 Å². The molecule has 3 nitrogen and oxygen atoms in total. The van der Waals surface area contributed by atoms with Crippen LogP contribution in [0.3, 0.4) is 0 Å². The van der Waals surface area contributed by atoms with E-state index < -0.39 is 0 Å². The molecule has 0 saturated heterocycles. The van der Waals surface area contributed by atoms with E-state index in [1.54, 1.807) is 0 Å². The van der Waals surface area contributed by atoms with Gasteiger partial charge >= 0.3 is 0 Å². The minimum absolute atomic E-state index is 0.441. The molecule has 1 fully saturated rings. The molecule has 0 amide bonds. The third kappa shape index (κ3) is 2.61. The van der Waals surface area contributed by atoms with Crippen molar-refractivity contribution in [2.75, 3.05) is 0 Å². The number of aryl methyl sites for hydroxylation is 1. The lowest BCUT2D eigenvalue weighted by atomic mass is 10.2. The third-order valence-corrected chi connectivity index (χ3v) is 4.16. The van der Waals surface area contributed by atoms with Crippen LogP contribution in [0.15, 0.2) is 24.3 Å². The molecule has 4 heteroatoms. The van der Waals surface area contributed by atoms with E-state index in [1.165, 1.54) is 11.3 Å². The number of aromatic nitrogens is 1. The van der Waals surface area contributed by atoms with Gasteiger partial charge in [0.05, 0.1) is 5.69 Å². The Hall–Kier alpha value is -1.86. The second-order valence-corrected chi connectivity index (χ2v) is 5.85. The molecular weight excluding hydrogens is 256 g/mol. The highest BCUT2D eigenvalue weighted by atomic mass is 32.1. The van der Waals surface area contributed by atoms with Gasteiger partial charge in [0.15, 0.2) is 0 Å². The molecule has 1 aliphatic rings. The van der Waals surface area contributed by atoms with Crippen LogP contribution in [-0.4, -0.2) is 4.98 Å². The molecular formula is C15H14N2OS. The molecule has 96 valence electrons. The number of hydrogen-bond acceptors (Lipinski definition) is 4. The minimum atomic E-state index is 0.441. The zero-order valence-corrected chi connectivity index (χ0v) is 11.5. The predicted molar refractivity (Wildman–Crippen MR) is 74.3 cm³/mol. The lowest BCUT2D eigenvalue weighted by Crippen LogP contribution is -1.96. The van der Waals surface area contributed by atoms with E-state index in [0.29, 0.717) is 12.5 Å². The number of thiazole rings is 1. The van der Waals surface area contributed by atoms with E-state index in [0.717, 1.165) is 39.7 Å². The lowest BCUT2D eigenvalue weighted by Gasteiger charge is -2.06.